The molecule has 7 heteroatoms. The van der Waals surface area contributed by atoms with Crippen molar-refractivity contribution in [2.75, 3.05) is 0 Å². The Balaban J connectivity index is 0. The SMILES string of the molecule is O.O.O.O.O.O.[Nb]. The van der Waals surface area contributed by atoms with Crippen molar-refractivity contribution in [1.29, 1.82) is 0 Å². The number of hydrogen-bond acceptors (Lipinski definition) is 0. The predicted octanol–water partition coefficient (Wildman–Crippen LogP) is -4.95. The van der Waals surface area contributed by atoms with Gasteiger partial charge in [-0.2, -0.15) is 0 Å². The molecule has 1 radical (unpaired) electrons. The first-order valence-electron chi connectivity index (χ1n) is 0. The van der Waals surface area contributed by atoms with E-state index in [-0.39, 0.29) is 55.2 Å². The monoisotopic (exact) mass is 201 g/mol. The Labute approximate surface area is 55.9 Å². The molecule has 0 fully saturated rings. The summed E-state index contributed by atoms with van der Waals surface area (Å²) >= 11 is 0. The quantitative estimate of drug-likeness (QED) is 0.339. The molecule has 12 N–H and O–H groups in total. The first kappa shape index (κ1) is 1270. The average Bonchev–Trinajstić information content (AvgIpc) is 0. The van der Waals surface area contributed by atoms with Crippen LogP contribution in [0.25, 0.3) is 0 Å². The van der Waals surface area contributed by atoms with Gasteiger partial charge in [-0.3, -0.25) is 0 Å². The molecule has 7 heavy (non-hydrogen) atoms. The molecule has 0 aliphatic carbocycles. The van der Waals surface area contributed by atoms with Gasteiger partial charge in [0.1, 0.15) is 0 Å². The minimum atomic E-state index is 0. The van der Waals surface area contributed by atoms with Crippen molar-refractivity contribution in [3.8, 4) is 0 Å². The van der Waals surface area contributed by atoms with Crippen LogP contribution in [0.15, 0.2) is 0 Å². The number of hydrogen-bond donors (Lipinski definition) is 0. The minimum Gasteiger partial charge on any atom is -0.412 e. The van der Waals surface area contributed by atoms with Crippen molar-refractivity contribution in [2.24, 2.45) is 0 Å². The van der Waals surface area contributed by atoms with E-state index in [0.717, 1.165) is 0 Å². The van der Waals surface area contributed by atoms with Gasteiger partial charge in [-0.15, -0.1) is 0 Å². The molecule has 0 aromatic heterocycles. The standard InChI is InChI=1S/Nb.6H2O/h;6*1H2. The minimum absolute atomic E-state index is 0. The Morgan fingerprint density at radius 3 is 0.286 bits per heavy atom. The first-order valence-corrected chi connectivity index (χ1v) is 0. The predicted molar refractivity (Wildman–Crippen MR) is 21.7 cm³/mol. The van der Waals surface area contributed by atoms with Crippen molar-refractivity contribution in [3.63, 3.8) is 0 Å². The summed E-state index contributed by atoms with van der Waals surface area (Å²) in [7, 11) is 0. The molecular formula is H12NbO6. The van der Waals surface area contributed by atoms with Gasteiger partial charge in [-0.25, -0.2) is 0 Å². The van der Waals surface area contributed by atoms with Gasteiger partial charge < -0.3 is 32.9 Å². The summed E-state index contributed by atoms with van der Waals surface area (Å²) in [6, 6.07) is 0. The molecule has 0 spiro atoms. The molecule has 0 unspecified atom stereocenters. The van der Waals surface area contributed by atoms with Crippen LogP contribution in [-0.4, -0.2) is 32.9 Å². The van der Waals surface area contributed by atoms with Crippen molar-refractivity contribution >= 4 is 0 Å². The summed E-state index contributed by atoms with van der Waals surface area (Å²) in [5.41, 5.74) is 0. The first-order chi connectivity index (χ1) is 0. The maximum atomic E-state index is 0. The van der Waals surface area contributed by atoms with Gasteiger partial charge in [0.25, 0.3) is 0 Å². The molecule has 0 saturated heterocycles. The van der Waals surface area contributed by atoms with Crippen molar-refractivity contribution in [2.45, 2.75) is 0 Å². The third kappa shape index (κ3) is 526. The van der Waals surface area contributed by atoms with Gasteiger partial charge in [-0.1, -0.05) is 0 Å². The van der Waals surface area contributed by atoms with Crippen LogP contribution in [0.2, 0.25) is 0 Å². The van der Waals surface area contributed by atoms with Crippen LogP contribution in [0.5, 0.6) is 0 Å². The third-order valence-electron chi connectivity index (χ3n) is 0. The summed E-state index contributed by atoms with van der Waals surface area (Å²) in [4.78, 5) is 0. The summed E-state index contributed by atoms with van der Waals surface area (Å²) < 4.78 is 0. The van der Waals surface area contributed by atoms with E-state index in [0.29, 0.717) is 0 Å². The molecule has 0 rings (SSSR count). The molecule has 0 heterocycles. The van der Waals surface area contributed by atoms with Gasteiger partial charge in [-0.05, 0) is 0 Å². The largest absolute Gasteiger partial charge is 0.412 e. The van der Waals surface area contributed by atoms with E-state index in [1.165, 1.54) is 0 Å². The fourth-order valence-corrected chi connectivity index (χ4v) is 0. The summed E-state index contributed by atoms with van der Waals surface area (Å²) in [5, 5.41) is 0. The average molecular weight is 201 g/mol. The summed E-state index contributed by atoms with van der Waals surface area (Å²) in [6.07, 6.45) is 0. The smallest absolute Gasteiger partial charge is 0 e. The Kier molecular flexibility index (Phi) is 142000. The molecule has 0 atom stereocenters. The Bertz CT molecular complexity index is 4.14. The second kappa shape index (κ2) is 786. The van der Waals surface area contributed by atoms with E-state index < -0.39 is 0 Å². The fraction of sp³-hybridized carbons (Fsp3) is 0. The molecule has 0 aliphatic heterocycles. The van der Waals surface area contributed by atoms with Crippen LogP contribution in [0, 0.1) is 0 Å². The van der Waals surface area contributed by atoms with E-state index in [9.17, 15) is 0 Å². The maximum absolute atomic E-state index is 0. The van der Waals surface area contributed by atoms with Crippen LogP contribution < -0.4 is 0 Å². The molecule has 6 nitrogen and oxygen atoms in total. The second-order valence-corrected chi connectivity index (χ2v) is 0. The summed E-state index contributed by atoms with van der Waals surface area (Å²) in [5.74, 6) is 0. The van der Waals surface area contributed by atoms with Gasteiger partial charge in [0.15, 0.2) is 0 Å². The Hall–Kier alpha value is 0.500. The van der Waals surface area contributed by atoms with E-state index in [4.69, 9.17) is 0 Å². The van der Waals surface area contributed by atoms with Crippen LogP contribution in [0.3, 0.4) is 0 Å². The maximum Gasteiger partial charge on any atom is 0 e. The molecule has 0 bridgehead atoms. The summed E-state index contributed by atoms with van der Waals surface area (Å²) in [6.45, 7) is 0. The van der Waals surface area contributed by atoms with Gasteiger partial charge in [0, 0.05) is 22.4 Å². The molecule has 53 valence electrons. The van der Waals surface area contributed by atoms with E-state index >= 15 is 0 Å². The van der Waals surface area contributed by atoms with Crippen LogP contribution in [0.4, 0.5) is 0 Å². The van der Waals surface area contributed by atoms with E-state index in [1.807, 2.05) is 0 Å². The van der Waals surface area contributed by atoms with Gasteiger partial charge >= 0.3 is 0 Å². The van der Waals surface area contributed by atoms with Crippen LogP contribution in [0.1, 0.15) is 0 Å². The van der Waals surface area contributed by atoms with E-state index in [1.54, 1.807) is 0 Å². The zero-order valence-corrected chi connectivity index (χ0v) is 5.65. The Morgan fingerprint density at radius 2 is 0.286 bits per heavy atom. The topological polar surface area (TPSA) is 189 Å². The molecule has 0 aromatic rings. The molecule has 0 aromatic carbocycles. The van der Waals surface area contributed by atoms with Crippen LogP contribution >= 0.6 is 0 Å². The zero-order chi connectivity index (χ0) is 0. The third-order valence-corrected chi connectivity index (χ3v) is 0. The second-order valence-electron chi connectivity index (χ2n) is 0. The van der Waals surface area contributed by atoms with Crippen molar-refractivity contribution in [1.82, 2.24) is 0 Å². The van der Waals surface area contributed by atoms with Crippen molar-refractivity contribution < 1.29 is 55.2 Å². The molecule has 0 aliphatic rings. The van der Waals surface area contributed by atoms with Gasteiger partial charge in [0.05, 0.1) is 0 Å². The normalized spacial score (nSPS) is 0. The van der Waals surface area contributed by atoms with E-state index in [2.05, 4.69) is 0 Å². The van der Waals surface area contributed by atoms with Crippen molar-refractivity contribution in [3.05, 3.63) is 0 Å². The fourth-order valence-electron chi connectivity index (χ4n) is 0. The molecule has 0 saturated carbocycles. The van der Waals surface area contributed by atoms with Crippen LogP contribution in [-0.2, 0) is 22.4 Å². The Morgan fingerprint density at radius 1 is 0.286 bits per heavy atom. The van der Waals surface area contributed by atoms with Gasteiger partial charge in [0.2, 0.25) is 0 Å². The molecule has 0 amide bonds. The molecular weight excluding hydrogens is 189 g/mol. The number of rotatable bonds is 0. The zero-order valence-electron chi connectivity index (χ0n) is 3.45.